The van der Waals surface area contributed by atoms with E-state index in [0.717, 1.165) is 25.7 Å². The number of ketones is 1. The molecule has 0 heterocycles. The number of Topliss-reactive ketones (excluding diaryl/α,β-unsaturated/α-hetero) is 1. The first-order valence-electron chi connectivity index (χ1n) is 21.2. The fraction of sp³-hybridized carbons (Fsp3) is 0.837. The van der Waals surface area contributed by atoms with Crippen LogP contribution in [0, 0.1) is 29.1 Å². The van der Waals surface area contributed by atoms with E-state index in [0.29, 0.717) is 12.0 Å². The summed E-state index contributed by atoms with van der Waals surface area (Å²) in [4.78, 5) is 15.3. The van der Waals surface area contributed by atoms with Gasteiger partial charge in [-0.1, -0.05) is 93.9 Å². The van der Waals surface area contributed by atoms with Gasteiger partial charge in [0.25, 0.3) is 0 Å². The van der Waals surface area contributed by atoms with Crippen LogP contribution in [0.25, 0.3) is 0 Å². The van der Waals surface area contributed by atoms with Crippen molar-refractivity contribution in [1.82, 2.24) is 0 Å². The first kappa shape index (κ1) is 53.1. The number of hydrogen-bond acceptors (Lipinski definition) is 8. The molecule has 8 nitrogen and oxygen atoms in total. The van der Waals surface area contributed by atoms with Crippen molar-refractivity contribution in [1.29, 1.82) is 0 Å². The highest BCUT2D eigenvalue weighted by Crippen LogP contribution is 2.69. The first-order chi connectivity index (χ1) is 26.1. The van der Waals surface area contributed by atoms with E-state index in [4.69, 9.17) is 17.5 Å². The van der Waals surface area contributed by atoms with Gasteiger partial charge in [0.05, 0.1) is 6.61 Å². The first-order valence-corrected chi connectivity index (χ1v) is 31.3. The lowest BCUT2D eigenvalue weighted by Gasteiger charge is -2.44. The number of alkyl halides is 3. The number of carbonyl (C=O) groups excluding carboxylic acids is 1. The Morgan fingerprint density at radius 2 is 1.29 bits per heavy atom. The summed E-state index contributed by atoms with van der Waals surface area (Å²) in [5.74, 6) is -3.33. The predicted octanol–water partition coefficient (Wildman–Crippen LogP) is 12.1. The smallest absolute Gasteiger partial charge is 0.416 e. The van der Waals surface area contributed by atoms with Crippen molar-refractivity contribution in [3.8, 4) is 0 Å². The van der Waals surface area contributed by atoms with Crippen molar-refractivity contribution in [3.63, 3.8) is 0 Å². The molecule has 0 aromatic carbocycles. The zero-order valence-corrected chi connectivity index (χ0v) is 42.6. The van der Waals surface area contributed by atoms with E-state index >= 15 is 4.79 Å². The van der Waals surface area contributed by atoms with E-state index in [9.17, 15) is 26.7 Å². The minimum Gasteiger partial charge on any atom is -0.416 e. The van der Waals surface area contributed by atoms with E-state index in [1.165, 1.54) is 0 Å². The van der Waals surface area contributed by atoms with Crippen LogP contribution in [0.4, 0.5) is 13.2 Å². The third-order valence-electron chi connectivity index (χ3n) is 14.4. The highest BCUT2D eigenvalue weighted by molar-refractivity contribution is 7.87. The summed E-state index contributed by atoms with van der Waals surface area (Å²) in [5.41, 5.74) is -6.34. The van der Waals surface area contributed by atoms with Gasteiger partial charge < -0.3 is 22.6 Å². The van der Waals surface area contributed by atoms with Gasteiger partial charge in [0.2, 0.25) is 0 Å². The maximum Gasteiger partial charge on any atom is 0.534 e. The summed E-state index contributed by atoms with van der Waals surface area (Å²) in [6, 6.07) is 0. The standard InChI is InChI=1S/C43H79F3O8SSi3/c1-18-19-20-21-22-23-24-32-33(25-27-47)37-38(48)35(34(54-55(49,50)43(44,45)46)26-28-51-56(12,13)39(3,4)5)36(32)42(37,30-53-58(16,17)41(9,10)11)31(2)29-52-57(14,15)40(6,7)8/h18-19,32-33,36-37,47H,2,20-30H2,1,3-17H3/b19-18+,35-34-/t32-,33-,36-,37+,42+/m1/s1. The molecule has 2 fully saturated rings. The Kier molecular flexibility index (Phi) is 17.5. The summed E-state index contributed by atoms with van der Waals surface area (Å²) < 4.78 is 93.9. The molecule has 0 aromatic rings. The number of allylic oxidation sites excluding steroid dienone is 3. The molecule has 0 saturated heterocycles. The quantitative estimate of drug-likeness (QED) is 0.0231. The van der Waals surface area contributed by atoms with E-state index in [-0.39, 0.29) is 71.8 Å². The Labute approximate surface area is 353 Å². The van der Waals surface area contributed by atoms with Crippen molar-refractivity contribution in [2.45, 2.75) is 174 Å². The molecule has 338 valence electrons. The minimum atomic E-state index is -6.16. The van der Waals surface area contributed by atoms with Crippen LogP contribution in [0.5, 0.6) is 0 Å². The Morgan fingerprint density at radius 3 is 1.78 bits per heavy atom. The van der Waals surface area contributed by atoms with Crippen molar-refractivity contribution in [2.24, 2.45) is 29.1 Å². The molecule has 2 aliphatic carbocycles. The van der Waals surface area contributed by atoms with Crippen LogP contribution in [0.15, 0.2) is 35.6 Å². The average Bonchev–Trinajstić information content (AvgIpc) is 3.46. The lowest BCUT2D eigenvalue weighted by molar-refractivity contribution is -0.122. The molecule has 0 amide bonds. The Hall–Kier alpha value is -1.08. The summed E-state index contributed by atoms with van der Waals surface area (Å²) >= 11 is 0. The van der Waals surface area contributed by atoms with E-state index in [2.05, 4.69) is 80.4 Å². The van der Waals surface area contributed by atoms with Gasteiger partial charge in [0.15, 0.2) is 30.7 Å². The Bertz CT molecular complexity index is 1600. The van der Waals surface area contributed by atoms with Gasteiger partial charge >= 0.3 is 15.6 Å². The topological polar surface area (TPSA) is 108 Å². The molecule has 0 aromatic heterocycles. The number of hydrogen-bond donors (Lipinski definition) is 1. The van der Waals surface area contributed by atoms with Crippen LogP contribution >= 0.6 is 0 Å². The number of fused-ring (bicyclic) bond motifs is 2. The number of halogens is 3. The van der Waals surface area contributed by atoms with Gasteiger partial charge in [-0.25, -0.2) is 0 Å². The fourth-order valence-electron chi connectivity index (χ4n) is 7.75. The van der Waals surface area contributed by atoms with Crippen LogP contribution in [0.3, 0.4) is 0 Å². The van der Waals surface area contributed by atoms with Gasteiger partial charge in [-0.3, -0.25) is 4.79 Å². The maximum absolute atomic E-state index is 15.3. The third-order valence-corrected chi connectivity index (χ3v) is 28.9. The lowest BCUT2D eigenvalue weighted by Crippen LogP contribution is -2.48. The molecule has 5 atom stereocenters. The SMILES string of the molecule is C=C(CO[Si](C)(C)C(C)(C)C)[C@]1(CO[Si](C)(C)C(C)(C)C)[C@@H]2C(=O)/C(=C(/CCO[Si](C)(C)C(C)(C)C)OS(=O)(=O)C(F)(F)F)[C@H]1[C@H](CCCCC/C=C/C)[C@H]2CCO. The van der Waals surface area contributed by atoms with Crippen LogP contribution < -0.4 is 0 Å². The van der Waals surface area contributed by atoms with Crippen LogP contribution in [0.1, 0.15) is 114 Å². The predicted molar refractivity (Wildman–Crippen MR) is 237 cm³/mol. The largest absolute Gasteiger partial charge is 0.534 e. The number of unbranched alkanes of at least 4 members (excludes halogenated alkanes) is 3. The maximum atomic E-state index is 15.3. The molecular formula is C43H79F3O8SSi3. The summed E-state index contributed by atoms with van der Waals surface area (Å²) in [6.45, 7) is 37.7. The Morgan fingerprint density at radius 1 is 0.793 bits per heavy atom. The summed E-state index contributed by atoms with van der Waals surface area (Å²) in [5, 5.41) is 9.92. The second-order valence-corrected chi connectivity index (χ2v) is 37.3. The third kappa shape index (κ3) is 11.7. The second kappa shape index (κ2) is 19.1. The molecule has 1 N–H and O–H groups in total. The molecule has 2 aliphatic rings. The second-order valence-electron chi connectivity index (χ2n) is 21.3. The number of aliphatic hydroxyl groups excluding tert-OH is 1. The van der Waals surface area contributed by atoms with Gasteiger partial charge in [-0.15, -0.1) is 0 Å². The minimum absolute atomic E-state index is 0.0444. The normalized spacial score (nSPS) is 24.9. The molecule has 0 aliphatic heterocycles. The molecule has 0 unspecified atom stereocenters. The van der Waals surface area contributed by atoms with Crippen molar-refractivity contribution >= 4 is 40.9 Å². The fourth-order valence-corrected chi connectivity index (χ4v) is 11.3. The van der Waals surface area contributed by atoms with Gasteiger partial charge in [0, 0.05) is 49.1 Å². The van der Waals surface area contributed by atoms with Crippen LogP contribution in [-0.4, -0.2) is 76.2 Å². The zero-order chi connectivity index (χ0) is 45.1. The highest BCUT2D eigenvalue weighted by atomic mass is 32.2. The zero-order valence-electron chi connectivity index (χ0n) is 38.8. The lowest BCUT2D eigenvalue weighted by atomic mass is 9.70. The van der Waals surface area contributed by atoms with E-state index in [1.54, 1.807) is 0 Å². The number of aliphatic hydroxyl groups is 1. The van der Waals surface area contributed by atoms with Gasteiger partial charge in [0.1, 0.15) is 5.76 Å². The Balaban J connectivity index is 3.06. The molecule has 58 heavy (non-hydrogen) atoms. The van der Waals surface area contributed by atoms with Crippen molar-refractivity contribution < 1.29 is 49.0 Å². The van der Waals surface area contributed by atoms with Crippen molar-refractivity contribution in [2.75, 3.05) is 26.4 Å². The molecule has 2 rings (SSSR count). The molecule has 0 spiro atoms. The monoisotopic (exact) mass is 896 g/mol. The van der Waals surface area contributed by atoms with Gasteiger partial charge in [-0.2, -0.15) is 21.6 Å². The van der Waals surface area contributed by atoms with Crippen LogP contribution in [-0.2, 0) is 32.4 Å². The molecular weight excluding hydrogens is 818 g/mol. The number of rotatable bonds is 21. The van der Waals surface area contributed by atoms with Crippen LogP contribution in [0.2, 0.25) is 54.4 Å². The average molecular weight is 897 g/mol. The summed E-state index contributed by atoms with van der Waals surface area (Å²) in [6.07, 6.45) is 8.16. The molecule has 0 radical (unpaired) electrons. The number of carbonyl (C=O) groups is 1. The molecule has 2 bridgehead atoms. The molecule has 2 saturated carbocycles. The summed E-state index contributed by atoms with van der Waals surface area (Å²) in [7, 11) is -13.5. The van der Waals surface area contributed by atoms with E-state index < -0.39 is 69.4 Å². The highest BCUT2D eigenvalue weighted by Gasteiger charge is 2.71. The van der Waals surface area contributed by atoms with E-state index in [1.807, 2.05) is 46.9 Å². The van der Waals surface area contributed by atoms with Gasteiger partial charge in [-0.05, 0) is 104 Å². The molecule has 15 heteroatoms. The van der Waals surface area contributed by atoms with Crippen molar-refractivity contribution in [3.05, 3.63) is 35.6 Å².